The van der Waals surface area contributed by atoms with Gasteiger partial charge in [-0.3, -0.25) is 4.90 Å². The van der Waals surface area contributed by atoms with Crippen molar-refractivity contribution in [1.82, 2.24) is 10.2 Å². The minimum Gasteiger partial charge on any atom is -0.433 e. The molecule has 1 saturated heterocycles. The normalized spacial score (nSPS) is 22.1. The number of carbonyl (C=O) groups is 1. The lowest BCUT2D eigenvalue weighted by molar-refractivity contribution is -0.143. The number of carbonyl (C=O) groups excluding carboxylic acids is 1. The molecule has 0 spiro atoms. The number of ether oxygens (including phenoxy) is 2. The molecule has 3 atom stereocenters. The Balaban J connectivity index is 2.21. The number of benzene rings is 1. The summed E-state index contributed by atoms with van der Waals surface area (Å²) in [6, 6.07) is 0.724. The van der Waals surface area contributed by atoms with E-state index in [9.17, 15) is 31.1 Å². The Morgan fingerprint density at radius 3 is 2.03 bits per heavy atom. The number of halogens is 7. The van der Waals surface area contributed by atoms with Gasteiger partial charge in [-0.15, -0.1) is 0 Å². The lowest BCUT2D eigenvalue weighted by atomic mass is 9.90. The molecule has 1 N–H and O–H groups in total. The Morgan fingerprint density at radius 2 is 1.59 bits per heavy atom. The molecule has 5 nitrogen and oxygen atoms in total. The summed E-state index contributed by atoms with van der Waals surface area (Å²) in [5.74, 6) is 0. The molecule has 0 radical (unpaired) electrons. The van der Waals surface area contributed by atoms with E-state index in [1.54, 1.807) is 18.7 Å². The van der Waals surface area contributed by atoms with Gasteiger partial charge in [-0.05, 0) is 79.5 Å². The number of hydrogen-bond acceptors (Lipinski definition) is 4. The lowest BCUT2D eigenvalue weighted by Gasteiger charge is -2.45. The van der Waals surface area contributed by atoms with Crippen molar-refractivity contribution in [3.63, 3.8) is 0 Å². The molecule has 1 amide bonds. The fourth-order valence-electron chi connectivity index (χ4n) is 4.09. The van der Waals surface area contributed by atoms with Crippen LogP contribution in [0.4, 0.5) is 31.1 Å². The summed E-state index contributed by atoms with van der Waals surface area (Å²) in [6.07, 6.45) is -8.81. The van der Waals surface area contributed by atoms with Crippen molar-refractivity contribution < 1.29 is 40.6 Å². The van der Waals surface area contributed by atoms with Crippen LogP contribution in [0.2, 0.25) is 0 Å². The summed E-state index contributed by atoms with van der Waals surface area (Å²) in [7, 11) is 1.49. The number of methoxy groups -OCH3 is 1. The Morgan fingerprint density at radius 1 is 1.06 bits per heavy atom. The molecular formula is C22H29F6IN2O3. The van der Waals surface area contributed by atoms with Gasteiger partial charge >= 0.3 is 18.4 Å². The molecule has 0 aromatic heterocycles. The number of nitrogens with one attached hydrogen (secondary N) is 1. The third-order valence-electron chi connectivity index (χ3n) is 5.51. The zero-order chi connectivity index (χ0) is 25.9. The van der Waals surface area contributed by atoms with E-state index in [4.69, 9.17) is 9.47 Å². The summed E-state index contributed by atoms with van der Waals surface area (Å²) < 4.78 is 89.0. The van der Waals surface area contributed by atoms with Crippen LogP contribution in [0.5, 0.6) is 0 Å². The van der Waals surface area contributed by atoms with Crippen molar-refractivity contribution in [2.75, 3.05) is 13.7 Å². The smallest absolute Gasteiger partial charge is 0.416 e. The average molecular weight is 610 g/mol. The topological polar surface area (TPSA) is 50.8 Å². The maximum atomic E-state index is 13.1. The second-order valence-electron chi connectivity index (χ2n) is 8.77. The first-order chi connectivity index (χ1) is 15.5. The number of rotatable bonds is 7. The van der Waals surface area contributed by atoms with Gasteiger partial charge in [-0.2, -0.15) is 26.3 Å². The number of amides is 1. The Hall–Kier alpha value is -1.28. The first-order valence-electron chi connectivity index (χ1n) is 10.8. The van der Waals surface area contributed by atoms with Gasteiger partial charge in [0.1, 0.15) is 0 Å². The number of alkyl halides is 7. The third kappa shape index (κ3) is 8.14. The summed E-state index contributed by atoms with van der Waals surface area (Å²) in [6.45, 7) is 5.42. The van der Waals surface area contributed by atoms with Crippen molar-refractivity contribution >= 4 is 28.7 Å². The molecule has 2 rings (SSSR count). The Bertz CT molecular complexity index is 809. The average Bonchev–Trinajstić information content (AvgIpc) is 2.69. The number of hydrogen-bond donors (Lipinski definition) is 1. The first kappa shape index (κ1) is 29.0. The molecule has 194 valence electrons. The van der Waals surface area contributed by atoms with Gasteiger partial charge in [0.25, 0.3) is 0 Å². The molecule has 1 aromatic carbocycles. The van der Waals surface area contributed by atoms with Gasteiger partial charge in [0.15, 0.2) is 3.61 Å². The van der Waals surface area contributed by atoms with Crippen LogP contribution in [0.15, 0.2) is 18.2 Å². The van der Waals surface area contributed by atoms with E-state index in [1.807, 2.05) is 29.5 Å². The molecule has 0 aliphatic carbocycles. The molecule has 1 aliphatic rings. The zero-order valence-corrected chi connectivity index (χ0v) is 21.5. The zero-order valence-electron chi connectivity index (χ0n) is 19.3. The van der Waals surface area contributed by atoms with Crippen molar-refractivity contribution in [1.29, 1.82) is 0 Å². The SMILES string of the molecule is CC[C@@H]1CC(NCc2cc(C(F)(F)F)cc(C(F)(F)F)c2)CC(COC)N1C(=O)OC(C)(C)I. The summed E-state index contributed by atoms with van der Waals surface area (Å²) in [5.41, 5.74) is -2.81. The third-order valence-corrected chi connectivity index (χ3v) is 5.73. The van der Waals surface area contributed by atoms with Gasteiger partial charge in [-0.1, -0.05) is 6.92 Å². The maximum Gasteiger partial charge on any atom is 0.416 e. The molecule has 1 aromatic rings. The highest BCUT2D eigenvalue weighted by atomic mass is 127. The highest BCUT2D eigenvalue weighted by Crippen LogP contribution is 2.36. The molecular weight excluding hydrogens is 581 g/mol. The van der Waals surface area contributed by atoms with Crippen LogP contribution >= 0.6 is 22.6 Å². The van der Waals surface area contributed by atoms with Crippen molar-refractivity contribution in [3.8, 4) is 0 Å². The van der Waals surface area contributed by atoms with Gasteiger partial charge in [-0.25, -0.2) is 4.79 Å². The van der Waals surface area contributed by atoms with E-state index in [-0.39, 0.29) is 42.9 Å². The second kappa shape index (κ2) is 11.2. The molecule has 0 bridgehead atoms. The largest absolute Gasteiger partial charge is 0.433 e. The second-order valence-corrected chi connectivity index (χ2v) is 11.4. The standard InChI is InChI=1S/C22H29F6IN2O3/c1-5-17-9-16(10-18(12-33-4)31(17)19(32)34-20(2,3)29)30-11-13-6-14(21(23,24)25)8-15(7-13)22(26,27)28/h6-8,16-18,30H,5,9-12H2,1-4H3/t16?,17-,18?/m1/s1. The van der Waals surface area contributed by atoms with Gasteiger partial charge in [0.05, 0.1) is 23.8 Å². The lowest BCUT2D eigenvalue weighted by Crippen LogP contribution is -2.58. The van der Waals surface area contributed by atoms with Crippen LogP contribution < -0.4 is 5.32 Å². The number of piperidine rings is 1. The minimum atomic E-state index is -4.90. The Kier molecular flexibility index (Phi) is 9.53. The maximum absolute atomic E-state index is 13.1. The van der Waals surface area contributed by atoms with E-state index >= 15 is 0 Å². The molecule has 0 saturated carbocycles. The van der Waals surface area contributed by atoms with E-state index < -0.39 is 33.2 Å². The van der Waals surface area contributed by atoms with Crippen LogP contribution in [0.25, 0.3) is 0 Å². The fraction of sp³-hybridized carbons (Fsp3) is 0.682. The van der Waals surface area contributed by atoms with Crippen LogP contribution in [0.1, 0.15) is 56.7 Å². The van der Waals surface area contributed by atoms with Crippen LogP contribution in [-0.2, 0) is 28.4 Å². The van der Waals surface area contributed by atoms with Gasteiger partial charge < -0.3 is 14.8 Å². The molecule has 1 fully saturated rings. The van der Waals surface area contributed by atoms with E-state index in [0.29, 0.717) is 19.3 Å². The number of likely N-dealkylation sites (tertiary alicyclic amines) is 1. The predicted molar refractivity (Wildman–Crippen MR) is 122 cm³/mol. The van der Waals surface area contributed by atoms with Gasteiger partial charge in [0.2, 0.25) is 0 Å². The van der Waals surface area contributed by atoms with Crippen molar-refractivity contribution in [3.05, 3.63) is 34.9 Å². The molecule has 1 aliphatic heterocycles. The van der Waals surface area contributed by atoms with Crippen LogP contribution in [0.3, 0.4) is 0 Å². The highest BCUT2D eigenvalue weighted by Gasteiger charge is 2.40. The summed E-state index contributed by atoms with van der Waals surface area (Å²) >= 11 is 2.00. The highest BCUT2D eigenvalue weighted by molar-refractivity contribution is 14.1. The quantitative estimate of drug-likeness (QED) is 0.221. The van der Waals surface area contributed by atoms with Crippen molar-refractivity contribution in [2.24, 2.45) is 0 Å². The van der Waals surface area contributed by atoms with Crippen molar-refractivity contribution in [2.45, 2.75) is 80.7 Å². The van der Waals surface area contributed by atoms with Crippen LogP contribution in [0, 0.1) is 0 Å². The monoisotopic (exact) mass is 610 g/mol. The first-order valence-corrected chi connectivity index (χ1v) is 11.8. The van der Waals surface area contributed by atoms with E-state index in [0.717, 1.165) is 12.1 Å². The molecule has 12 heteroatoms. The fourth-order valence-corrected chi connectivity index (χ4v) is 4.28. The van der Waals surface area contributed by atoms with E-state index in [1.165, 1.54) is 7.11 Å². The van der Waals surface area contributed by atoms with Gasteiger partial charge in [0, 0.05) is 25.7 Å². The molecule has 2 unspecified atom stereocenters. The summed E-state index contributed by atoms with van der Waals surface area (Å²) in [4.78, 5) is 14.5. The Labute approximate surface area is 208 Å². The summed E-state index contributed by atoms with van der Waals surface area (Å²) in [5, 5.41) is 3.09. The molecule has 1 heterocycles. The van der Waals surface area contributed by atoms with E-state index in [2.05, 4.69) is 5.32 Å². The minimum absolute atomic E-state index is 0.115. The van der Waals surface area contributed by atoms with Crippen LogP contribution in [-0.4, -0.2) is 46.4 Å². The molecule has 34 heavy (non-hydrogen) atoms. The number of nitrogens with zero attached hydrogens (tertiary/aromatic N) is 1. The predicted octanol–water partition coefficient (Wildman–Crippen LogP) is 6.38.